The third-order valence-electron chi connectivity index (χ3n) is 2.74. The third-order valence-corrected chi connectivity index (χ3v) is 3.50. The molecule has 4 heteroatoms. The molecule has 16 heavy (non-hydrogen) atoms. The highest BCUT2D eigenvalue weighted by atomic mass is 32.1. The molecule has 0 radical (unpaired) electrons. The van der Waals surface area contributed by atoms with Gasteiger partial charge in [-0.1, -0.05) is 0 Å². The standard InChI is InChI=1S/C12H15N3S/c1-10(11-3-5-13-6-4-11)15(2)8-12-7-14-9-16-12/h3-7,9-10H,8H2,1-2H3/t10-/m1/s1. The van der Waals surface area contributed by atoms with E-state index in [4.69, 9.17) is 0 Å². The van der Waals surface area contributed by atoms with Crippen LogP contribution in [0.3, 0.4) is 0 Å². The first kappa shape index (κ1) is 11.2. The lowest BCUT2D eigenvalue weighted by Crippen LogP contribution is -2.21. The minimum absolute atomic E-state index is 0.394. The minimum Gasteiger partial charge on any atom is -0.295 e. The summed E-state index contributed by atoms with van der Waals surface area (Å²) in [6, 6.07) is 4.52. The summed E-state index contributed by atoms with van der Waals surface area (Å²) in [5, 5.41) is 0. The number of pyridine rings is 1. The van der Waals surface area contributed by atoms with Gasteiger partial charge in [-0.3, -0.25) is 14.9 Å². The molecule has 84 valence electrons. The van der Waals surface area contributed by atoms with Gasteiger partial charge in [-0.05, 0) is 31.7 Å². The fourth-order valence-corrected chi connectivity index (χ4v) is 2.26. The molecule has 0 aliphatic heterocycles. The molecule has 1 atom stereocenters. The van der Waals surface area contributed by atoms with Gasteiger partial charge in [0.15, 0.2) is 0 Å². The first-order chi connectivity index (χ1) is 7.77. The number of aromatic nitrogens is 2. The number of thiazole rings is 1. The number of rotatable bonds is 4. The van der Waals surface area contributed by atoms with Gasteiger partial charge in [-0.25, -0.2) is 0 Å². The topological polar surface area (TPSA) is 29.0 Å². The zero-order valence-corrected chi connectivity index (χ0v) is 10.3. The Morgan fingerprint density at radius 3 is 2.69 bits per heavy atom. The molecule has 0 saturated carbocycles. The van der Waals surface area contributed by atoms with Crippen molar-refractivity contribution in [3.63, 3.8) is 0 Å². The van der Waals surface area contributed by atoms with Crippen molar-refractivity contribution in [2.24, 2.45) is 0 Å². The van der Waals surface area contributed by atoms with Crippen LogP contribution >= 0.6 is 11.3 Å². The van der Waals surface area contributed by atoms with Crippen LogP contribution in [0.1, 0.15) is 23.4 Å². The number of nitrogens with zero attached hydrogens (tertiary/aromatic N) is 3. The zero-order valence-electron chi connectivity index (χ0n) is 9.50. The van der Waals surface area contributed by atoms with Gasteiger partial charge in [-0.2, -0.15) is 0 Å². The first-order valence-electron chi connectivity index (χ1n) is 5.25. The Balaban J connectivity index is 2.02. The Hall–Kier alpha value is -1.26. The first-order valence-corrected chi connectivity index (χ1v) is 6.13. The molecule has 0 spiro atoms. The highest BCUT2D eigenvalue weighted by Crippen LogP contribution is 2.20. The quantitative estimate of drug-likeness (QED) is 0.813. The molecular formula is C12H15N3S. The molecular weight excluding hydrogens is 218 g/mol. The summed E-state index contributed by atoms with van der Waals surface area (Å²) in [6.45, 7) is 3.14. The molecule has 0 aliphatic rings. The van der Waals surface area contributed by atoms with E-state index in [2.05, 4.69) is 41.0 Å². The van der Waals surface area contributed by atoms with E-state index in [0.717, 1.165) is 6.54 Å². The molecule has 0 saturated heterocycles. The normalized spacial score (nSPS) is 12.9. The summed E-state index contributed by atoms with van der Waals surface area (Å²) in [5.41, 5.74) is 3.17. The zero-order chi connectivity index (χ0) is 11.4. The molecule has 2 heterocycles. The van der Waals surface area contributed by atoms with Crippen molar-refractivity contribution in [1.29, 1.82) is 0 Å². The Bertz CT molecular complexity index is 413. The van der Waals surface area contributed by atoms with Gasteiger partial charge >= 0.3 is 0 Å². The molecule has 2 rings (SSSR count). The summed E-state index contributed by atoms with van der Waals surface area (Å²) in [6.07, 6.45) is 5.61. The molecule has 0 bridgehead atoms. The Kier molecular flexibility index (Phi) is 3.64. The van der Waals surface area contributed by atoms with Crippen LogP contribution in [0, 0.1) is 0 Å². The van der Waals surface area contributed by atoms with Crippen molar-refractivity contribution in [2.45, 2.75) is 19.5 Å². The molecule has 0 amide bonds. The average Bonchev–Trinajstić information content (AvgIpc) is 2.82. The Labute approximate surface area is 99.8 Å². The van der Waals surface area contributed by atoms with Gasteiger partial charge < -0.3 is 0 Å². The van der Waals surface area contributed by atoms with Gasteiger partial charge in [0.1, 0.15) is 0 Å². The van der Waals surface area contributed by atoms with Crippen LogP contribution in [0.4, 0.5) is 0 Å². The van der Waals surface area contributed by atoms with Crippen LogP contribution in [-0.2, 0) is 6.54 Å². The van der Waals surface area contributed by atoms with E-state index in [1.807, 2.05) is 24.1 Å². The maximum absolute atomic E-state index is 4.09. The van der Waals surface area contributed by atoms with Gasteiger partial charge in [0.25, 0.3) is 0 Å². The Morgan fingerprint density at radius 2 is 2.06 bits per heavy atom. The highest BCUT2D eigenvalue weighted by molar-refractivity contribution is 7.09. The van der Waals surface area contributed by atoms with E-state index >= 15 is 0 Å². The largest absolute Gasteiger partial charge is 0.295 e. The van der Waals surface area contributed by atoms with Crippen molar-refractivity contribution in [1.82, 2.24) is 14.9 Å². The smallest absolute Gasteiger partial charge is 0.0794 e. The second-order valence-corrected chi connectivity index (χ2v) is 4.81. The molecule has 2 aromatic heterocycles. The summed E-state index contributed by atoms with van der Waals surface area (Å²) in [4.78, 5) is 11.7. The summed E-state index contributed by atoms with van der Waals surface area (Å²) >= 11 is 1.70. The fourth-order valence-electron chi connectivity index (χ4n) is 1.60. The maximum atomic E-state index is 4.09. The lowest BCUT2D eigenvalue weighted by atomic mass is 10.1. The van der Waals surface area contributed by atoms with E-state index in [-0.39, 0.29) is 0 Å². The number of hydrogen-bond acceptors (Lipinski definition) is 4. The van der Waals surface area contributed by atoms with Crippen LogP contribution in [0.15, 0.2) is 36.2 Å². The second kappa shape index (κ2) is 5.18. The van der Waals surface area contributed by atoms with E-state index in [0.29, 0.717) is 6.04 Å². The molecule has 0 fully saturated rings. The predicted molar refractivity (Wildman–Crippen MR) is 66.2 cm³/mol. The van der Waals surface area contributed by atoms with Crippen molar-refractivity contribution < 1.29 is 0 Å². The molecule has 3 nitrogen and oxygen atoms in total. The van der Waals surface area contributed by atoms with Crippen molar-refractivity contribution in [3.05, 3.63) is 46.7 Å². The summed E-state index contributed by atoms with van der Waals surface area (Å²) in [7, 11) is 2.13. The predicted octanol–water partition coefficient (Wildman–Crippen LogP) is 2.73. The van der Waals surface area contributed by atoms with E-state index in [9.17, 15) is 0 Å². The molecule has 0 unspecified atom stereocenters. The number of hydrogen-bond donors (Lipinski definition) is 0. The molecule has 0 aliphatic carbocycles. The van der Waals surface area contributed by atoms with Crippen molar-refractivity contribution in [2.75, 3.05) is 7.05 Å². The molecule has 0 aromatic carbocycles. The van der Waals surface area contributed by atoms with Crippen LogP contribution < -0.4 is 0 Å². The molecule has 0 N–H and O–H groups in total. The van der Waals surface area contributed by atoms with Gasteiger partial charge in [0.05, 0.1) is 5.51 Å². The van der Waals surface area contributed by atoms with Crippen LogP contribution in [-0.4, -0.2) is 21.9 Å². The van der Waals surface area contributed by atoms with Gasteiger partial charge in [0, 0.05) is 36.1 Å². The minimum atomic E-state index is 0.394. The Morgan fingerprint density at radius 1 is 1.31 bits per heavy atom. The highest BCUT2D eigenvalue weighted by Gasteiger charge is 2.11. The van der Waals surface area contributed by atoms with E-state index in [1.54, 1.807) is 11.3 Å². The van der Waals surface area contributed by atoms with Gasteiger partial charge in [0.2, 0.25) is 0 Å². The third kappa shape index (κ3) is 2.65. The average molecular weight is 233 g/mol. The van der Waals surface area contributed by atoms with E-state index in [1.165, 1.54) is 10.4 Å². The SMILES string of the molecule is C[C@H](c1ccncc1)N(C)Cc1cncs1. The van der Waals surface area contributed by atoms with Gasteiger partial charge in [-0.15, -0.1) is 11.3 Å². The lowest BCUT2D eigenvalue weighted by Gasteiger charge is -2.24. The summed E-state index contributed by atoms with van der Waals surface area (Å²) < 4.78 is 0. The van der Waals surface area contributed by atoms with E-state index < -0.39 is 0 Å². The maximum Gasteiger partial charge on any atom is 0.0794 e. The monoisotopic (exact) mass is 233 g/mol. The summed E-state index contributed by atoms with van der Waals surface area (Å²) in [5.74, 6) is 0. The molecule has 2 aromatic rings. The van der Waals surface area contributed by atoms with Crippen molar-refractivity contribution in [3.8, 4) is 0 Å². The van der Waals surface area contributed by atoms with Crippen LogP contribution in [0.2, 0.25) is 0 Å². The van der Waals surface area contributed by atoms with Crippen LogP contribution in [0.25, 0.3) is 0 Å². The second-order valence-electron chi connectivity index (χ2n) is 3.84. The van der Waals surface area contributed by atoms with Crippen LogP contribution in [0.5, 0.6) is 0 Å². The fraction of sp³-hybridized carbons (Fsp3) is 0.333. The van der Waals surface area contributed by atoms with Crippen molar-refractivity contribution >= 4 is 11.3 Å². The lowest BCUT2D eigenvalue weighted by molar-refractivity contribution is 0.255.